The number of hydrogen-bond donors (Lipinski definition) is 0. The van der Waals surface area contributed by atoms with E-state index in [1.807, 2.05) is 0 Å². The average molecular weight is 187 g/mol. The fourth-order valence-corrected chi connectivity index (χ4v) is 1.70. The molecule has 2 rings (SSSR count). The van der Waals surface area contributed by atoms with Crippen molar-refractivity contribution in [2.24, 2.45) is 0 Å². The molecule has 0 saturated heterocycles. The van der Waals surface area contributed by atoms with E-state index in [-0.39, 0.29) is 5.91 Å². The Bertz CT molecular complexity index is 433. The lowest BCUT2D eigenvalue weighted by molar-refractivity contribution is -0.116. The first kappa shape index (κ1) is 8.70. The molecule has 0 radical (unpaired) electrons. The maximum absolute atomic E-state index is 11.2. The molecule has 2 heterocycles. The minimum atomic E-state index is -0.0219. The number of aromatic nitrogens is 1. The van der Waals surface area contributed by atoms with Crippen LogP contribution in [0.25, 0.3) is 0 Å². The van der Waals surface area contributed by atoms with Gasteiger partial charge in [0.25, 0.3) is 0 Å². The van der Waals surface area contributed by atoms with Crippen LogP contribution in [0.15, 0.2) is 12.3 Å². The molecule has 0 fully saturated rings. The lowest BCUT2D eigenvalue weighted by Gasteiger charge is -2.12. The zero-order valence-corrected chi connectivity index (χ0v) is 7.82. The van der Waals surface area contributed by atoms with Crippen molar-refractivity contribution >= 4 is 11.7 Å². The van der Waals surface area contributed by atoms with Crippen LogP contribution in [0, 0.1) is 11.3 Å². The summed E-state index contributed by atoms with van der Waals surface area (Å²) in [5.74, 6) is 0.628. The molecule has 1 aliphatic rings. The number of rotatable bonds is 0. The molecule has 0 saturated carbocycles. The molecule has 4 heteroatoms. The summed E-state index contributed by atoms with van der Waals surface area (Å²) in [5.41, 5.74) is 1.52. The summed E-state index contributed by atoms with van der Waals surface area (Å²) in [4.78, 5) is 16.9. The second-order valence-electron chi connectivity index (χ2n) is 3.19. The standard InChI is InChI=1S/C10H9N3O/c1-7(14)13-5-3-9-8(6-11)2-4-12-10(9)13/h2,4H,3,5H2,1H3. The Morgan fingerprint density at radius 3 is 3.14 bits per heavy atom. The van der Waals surface area contributed by atoms with E-state index in [1.54, 1.807) is 17.2 Å². The van der Waals surface area contributed by atoms with Gasteiger partial charge in [-0.3, -0.25) is 9.69 Å². The smallest absolute Gasteiger partial charge is 0.225 e. The van der Waals surface area contributed by atoms with Gasteiger partial charge in [0.05, 0.1) is 11.6 Å². The largest absolute Gasteiger partial charge is 0.296 e. The molecular weight excluding hydrogens is 178 g/mol. The van der Waals surface area contributed by atoms with Gasteiger partial charge in [0.2, 0.25) is 5.91 Å². The number of carbonyl (C=O) groups excluding carboxylic acids is 1. The van der Waals surface area contributed by atoms with E-state index >= 15 is 0 Å². The van der Waals surface area contributed by atoms with Crippen molar-refractivity contribution in [2.75, 3.05) is 11.4 Å². The van der Waals surface area contributed by atoms with Gasteiger partial charge in [-0.25, -0.2) is 4.98 Å². The summed E-state index contributed by atoms with van der Waals surface area (Å²) >= 11 is 0. The summed E-state index contributed by atoms with van der Waals surface area (Å²) in [7, 11) is 0. The predicted molar refractivity (Wildman–Crippen MR) is 50.7 cm³/mol. The second-order valence-corrected chi connectivity index (χ2v) is 3.19. The zero-order chi connectivity index (χ0) is 10.1. The Kier molecular flexibility index (Phi) is 1.93. The Hall–Kier alpha value is -1.89. The fourth-order valence-electron chi connectivity index (χ4n) is 1.70. The predicted octanol–water partition coefficient (Wildman–Crippen LogP) is 0.862. The van der Waals surface area contributed by atoms with E-state index in [0.29, 0.717) is 17.9 Å². The molecule has 1 aromatic rings. The maximum Gasteiger partial charge on any atom is 0.225 e. The minimum Gasteiger partial charge on any atom is -0.296 e. The molecule has 0 aliphatic carbocycles. The summed E-state index contributed by atoms with van der Waals surface area (Å²) in [5, 5.41) is 8.85. The van der Waals surface area contributed by atoms with Crippen molar-refractivity contribution < 1.29 is 4.79 Å². The van der Waals surface area contributed by atoms with Crippen LogP contribution in [0.4, 0.5) is 5.82 Å². The van der Waals surface area contributed by atoms with Crippen LogP contribution in [0.3, 0.4) is 0 Å². The number of pyridine rings is 1. The Morgan fingerprint density at radius 1 is 1.71 bits per heavy atom. The highest BCUT2D eigenvalue weighted by Crippen LogP contribution is 2.27. The third-order valence-corrected chi connectivity index (χ3v) is 2.37. The van der Waals surface area contributed by atoms with E-state index < -0.39 is 0 Å². The van der Waals surface area contributed by atoms with Crippen molar-refractivity contribution in [1.82, 2.24) is 4.98 Å². The lowest BCUT2D eigenvalue weighted by Crippen LogP contribution is -2.26. The summed E-state index contributed by atoms with van der Waals surface area (Å²) < 4.78 is 0. The minimum absolute atomic E-state index is 0.0219. The molecule has 70 valence electrons. The van der Waals surface area contributed by atoms with Crippen molar-refractivity contribution in [3.63, 3.8) is 0 Å². The number of amides is 1. The van der Waals surface area contributed by atoms with Crippen LogP contribution < -0.4 is 4.90 Å². The molecule has 0 spiro atoms. The number of hydrogen-bond acceptors (Lipinski definition) is 3. The second kappa shape index (κ2) is 3.11. The van der Waals surface area contributed by atoms with Gasteiger partial charge in [-0.15, -0.1) is 0 Å². The van der Waals surface area contributed by atoms with E-state index in [1.165, 1.54) is 6.92 Å². The van der Waals surface area contributed by atoms with Crippen LogP contribution in [-0.4, -0.2) is 17.4 Å². The third kappa shape index (κ3) is 1.14. The normalized spacial score (nSPS) is 13.6. The Labute approximate surface area is 81.8 Å². The zero-order valence-electron chi connectivity index (χ0n) is 7.82. The third-order valence-electron chi connectivity index (χ3n) is 2.37. The van der Waals surface area contributed by atoms with E-state index in [4.69, 9.17) is 5.26 Å². The molecule has 0 bridgehead atoms. The molecule has 0 N–H and O–H groups in total. The summed E-state index contributed by atoms with van der Waals surface area (Å²) in [6.07, 6.45) is 2.30. The average Bonchev–Trinajstić information content (AvgIpc) is 2.60. The number of nitrogens with zero attached hydrogens (tertiary/aromatic N) is 3. The first-order valence-corrected chi connectivity index (χ1v) is 4.40. The fraction of sp³-hybridized carbons (Fsp3) is 0.300. The number of carbonyl (C=O) groups is 1. The van der Waals surface area contributed by atoms with E-state index in [2.05, 4.69) is 11.1 Å². The maximum atomic E-state index is 11.2. The Morgan fingerprint density at radius 2 is 2.50 bits per heavy atom. The molecule has 1 aliphatic heterocycles. The van der Waals surface area contributed by atoms with Crippen molar-refractivity contribution in [1.29, 1.82) is 5.26 Å². The highest BCUT2D eigenvalue weighted by atomic mass is 16.2. The first-order valence-electron chi connectivity index (χ1n) is 4.40. The molecule has 0 aromatic carbocycles. The van der Waals surface area contributed by atoms with Gasteiger partial charge in [0.15, 0.2) is 0 Å². The highest BCUT2D eigenvalue weighted by Gasteiger charge is 2.25. The molecule has 14 heavy (non-hydrogen) atoms. The van der Waals surface area contributed by atoms with E-state index in [0.717, 1.165) is 12.0 Å². The van der Waals surface area contributed by atoms with E-state index in [9.17, 15) is 4.79 Å². The van der Waals surface area contributed by atoms with Gasteiger partial charge in [-0.05, 0) is 12.5 Å². The van der Waals surface area contributed by atoms with Crippen LogP contribution in [0.1, 0.15) is 18.1 Å². The summed E-state index contributed by atoms with van der Waals surface area (Å²) in [6.45, 7) is 2.15. The van der Waals surface area contributed by atoms with Gasteiger partial charge in [0, 0.05) is 25.2 Å². The first-order chi connectivity index (χ1) is 6.74. The molecule has 4 nitrogen and oxygen atoms in total. The number of nitriles is 1. The molecular formula is C10H9N3O. The molecule has 0 atom stereocenters. The molecule has 1 aromatic heterocycles. The number of anilines is 1. The number of fused-ring (bicyclic) bond motifs is 1. The van der Waals surface area contributed by atoms with Crippen molar-refractivity contribution in [3.05, 3.63) is 23.4 Å². The monoisotopic (exact) mass is 187 g/mol. The van der Waals surface area contributed by atoms with Crippen LogP contribution in [-0.2, 0) is 11.2 Å². The van der Waals surface area contributed by atoms with Gasteiger partial charge in [0.1, 0.15) is 5.82 Å². The topological polar surface area (TPSA) is 57.0 Å². The molecule has 0 unspecified atom stereocenters. The van der Waals surface area contributed by atoms with Gasteiger partial charge < -0.3 is 0 Å². The lowest BCUT2D eigenvalue weighted by atomic mass is 10.1. The quantitative estimate of drug-likeness (QED) is 0.605. The van der Waals surface area contributed by atoms with Crippen LogP contribution >= 0.6 is 0 Å². The van der Waals surface area contributed by atoms with Crippen LogP contribution in [0.5, 0.6) is 0 Å². The van der Waals surface area contributed by atoms with Crippen LogP contribution in [0.2, 0.25) is 0 Å². The highest BCUT2D eigenvalue weighted by molar-refractivity contribution is 5.92. The van der Waals surface area contributed by atoms with Gasteiger partial charge >= 0.3 is 0 Å². The molecule has 1 amide bonds. The van der Waals surface area contributed by atoms with Gasteiger partial charge in [-0.1, -0.05) is 0 Å². The van der Waals surface area contributed by atoms with Crippen molar-refractivity contribution in [2.45, 2.75) is 13.3 Å². The SMILES string of the molecule is CC(=O)N1CCc2c(C#N)ccnc21. The van der Waals surface area contributed by atoms with Gasteiger partial charge in [-0.2, -0.15) is 5.26 Å². The summed E-state index contributed by atoms with van der Waals surface area (Å²) in [6, 6.07) is 3.79. The van der Waals surface area contributed by atoms with Crippen molar-refractivity contribution in [3.8, 4) is 6.07 Å². The Balaban J connectivity index is 2.53.